The van der Waals surface area contributed by atoms with Gasteiger partial charge < -0.3 is 10.4 Å². The van der Waals surface area contributed by atoms with Gasteiger partial charge in [-0.05, 0) is 54.6 Å². The average Bonchev–Trinajstić information content (AvgIpc) is 2.73. The van der Waals surface area contributed by atoms with Crippen LogP contribution in [0.3, 0.4) is 0 Å². The van der Waals surface area contributed by atoms with Gasteiger partial charge in [0.15, 0.2) is 0 Å². The number of aryl methyl sites for hydroxylation is 1. The third-order valence-electron chi connectivity index (χ3n) is 4.75. The van der Waals surface area contributed by atoms with Gasteiger partial charge in [-0.2, -0.15) is 0 Å². The van der Waals surface area contributed by atoms with Crippen LogP contribution in [0.2, 0.25) is 0 Å². The number of nitrogens with one attached hydrogen (secondary N) is 1. The van der Waals surface area contributed by atoms with E-state index in [-0.39, 0.29) is 11.8 Å². The topological polar surface area (TPSA) is 58.0 Å². The van der Waals surface area contributed by atoms with Crippen molar-refractivity contribution in [3.05, 3.63) is 89.7 Å². The molecule has 28 heavy (non-hydrogen) atoms. The molecule has 4 rings (SSSR count). The summed E-state index contributed by atoms with van der Waals surface area (Å²) in [5.41, 5.74) is 3.54. The average molecular weight is 388 g/mol. The van der Waals surface area contributed by atoms with Crippen LogP contribution < -0.4 is 5.32 Å². The van der Waals surface area contributed by atoms with Crippen molar-refractivity contribution < 1.29 is 5.11 Å². The van der Waals surface area contributed by atoms with Gasteiger partial charge in [0.1, 0.15) is 17.1 Å². The predicted octanol–water partition coefficient (Wildman–Crippen LogP) is 5.57. The number of phenols is 1. The van der Waals surface area contributed by atoms with Crippen LogP contribution in [0.5, 0.6) is 5.75 Å². The largest absolute Gasteiger partial charge is 0.505 e. The molecule has 0 saturated heterocycles. The maximum Gasteiger partial charge on any atom is 0.147 e. The zero-order valence-electron chi connectivity index (χ0n) is 15.8. The predicted molar refractivity (Wildman–Crippen MR) is 116 cm³/mol. The van der Waals surface area contributed by atoms with Crippen molar-refractivity contribution in [2.24, 2.45) is 0 Å². The number of aromatic hydroxyl groups is 1. The Labute approximate surface area is 168 Å². The summed E-state index contributed by atoms with van der Waals surface area (Å²) >= 11 is 1.70. The molecule has 5 heteroatoms. The second kappa shape index (κ2) is 7.90. The van der Waals surface area contributed by atoms with Gasteiger partial charge in [-0.3, -0.25) is 4.98 Å². The highest BCUT2D eigenvalue weighted by atomic mass is 32.2. The minimum Gasteiger partial charge on any atom is -0.505 e. The van der Waals surface area contributed by atoms with Gasteiger partial charge in [-0.15, -0.1) is 11.8 Å². The fourth-order valence-electron chi connectivity index (χ4n) is 3.28. The third-order valence-corrected chi connectivity index (χ3v) is 5.49. The number of pyridine rings is 2. The van der Waals surface area contributed by atoms with E-state index in [1.54, 1.807) is 24.2 Å². The number of fused-ring (bicyclic) bond motifs is 1. The minimum absolute atomic E-state index is 0.192. The number of benzene rings is 2. The van der Waals surface area contributed by atoms with Gasteiger partial charge in [0.25, 0.3) is 0 Å². The first-order valence-electron chi connectivity index (χ1n) is 9.05. The molecule has 140 valence electrons. The molecule has 4 nitrogen and oxygen atoms in total. The molecule has 0 aliphatic heterocycles. The SMILES string of the molecule is CSc1ccc(C(Nc2cc(C)ccn2)c2ccc3cccnc3c2O)cc1. The van der Waals surface area contributed by atoms with Crippen molar-refractivity contribution in [1.82, 2.24) is 9.97 Å². The number of aromatic nitrogens is 2. The summed E-state index contributed by atoms with van der Waals surface area (Å²) in [4.78, 5) is 10.0. The second-order valence-electron chi connectivity index (χ2n) is 6.65. The Kier molecular flexibility index (Phi) is 5.17. The Balaban J connectivity index is 1.83. The van der Waals surface area contributed by atoms with Crippen LogP contribution in [0.25, 0.3) is 10.9 Å². The molecular formula is C23H21N3OS. The lowest BCUT2D eigenvalue weighted by atomic mass is 9.96. The molecule has 1 atom stereocenters. The van der Waals surface area contributed by atoms with E-state index in [4.69, 9.17) is 0 Å². The first kappa shape index (κ1) is 18.3. The number of phenolic OH excluding ortho intramolecular Hbond substituents is 1. The highest BCUT2D eigenvalue weighted by Gasteiger charge is 2.20. The summed E-state index contributed by atoms with van der Waals surface area (Å²) < 4.78 is 0. The lowest BCUT2D eigenvalue weighted by Crippen LogP contribution is -2.14. The molecule has 1 unspecified atom stereocenters. The molecule has 2 N–H and O–H groups in total. The monoisotopic (exact) mass is 387 g/mol. The summed E-state index contributed by atoms with van der Waals surface area (Å²) in [5, 5.41) is 15.4. The quantitative estimate of drug-likeness (QED) is 0.439. The molecule has 0 aliphatic rings. The second-order valence-corrected chi connectivity index (χ2v) is 7.53. The zero-order valence-corrected chi connectivity index (χ0v) is 16.6. The van der Waals surface area contributed by atoms with E-state index in [1.807, 2.05) is 43.3 Å². The maximum absolute atomic E-state index is 11.0. The number of thioether (sulfide) groups is 1. The van der Waals surface area contributed by atoms with Gasteiger partial charge in [-0.25, -0.2) is 4.98 Å². The number of anilines is 1. The van der Waals surface area contributed by atoms with Gasteiger partial charge in [0, 0.05) is 28.2 Å². The Hall–Kier alpha value is -3.05. The van der Waals surface area contributed by atoms with E-state index in [1.165, 1.54) is 4.90 Å². The molecule has 4 aromatic rings. The summed E-state index contributed by atoms with van der Waals surface area (Å²) in [6.45, 7) is 2.03. The van der Waals surface area contributed by atoms with Crippen LogP contribution in [0, 0.1) is 6.92 Å². The molecule has 2 heterocycles. The van der Waals surface area contributed by atoms with E-state index < -0.39 is 0 Å². The third kappa shape index (κ3) is 3.66. The number of hydrogen-bond acceptors (Lipinski definition) is 5. The van der Waals surface area contributed by atoms with Gasteiger partial charge in [-0.1, -0.05) is 30.3 Å². The van der Waals surface area contributed by atoms with E-state index in [9.17, 15) is 5.11 Å². The smallest absolute Gasteiger partial charge is 0.147 e. The summed E-state index contributed by atoms with van der Waals surface area (Å²) in [5.74, 6) is 0.955. The Morgan fingerprint density at radius 1 is 0.964 bits per heavy atom. The first-order valence-corrected chi connectivity index (χ1v) is 10.3. The van der Waals surface area contributed by atoms with Crippen LogP contribution in [-0.4, -0.2) is 21.3 Å². The van der Waals surface area contributed by atoms with Crippen LogP contribution >= 0.6 is 11.8 Å². The van der Waals surface area contributed by atoms with E-state index in [0.717, 1.165) is 27.9 Å². The van der Waals surface area contributed by atoms with Gasteiger partial charge in [0.05, 0.1) is 6.04 Å². The van der Waals surface area contributed by atoms with Crippen LogP contribution in [0.1, 0.15) is 22.7 Å². The van der Waals surface area contributed by atoms with Crippen LogP contribution in [0.15, 0.2) is 78.0 Å². The Morgan fingerprint density at radius 2 is 1.79 bits per heavy atom. The lowest BCUT2D eigenvalue weighted by Gasteiger charge is -2.22. The minimum atomic E-state index is -0.253. The van der Waals surface area contributed by atoms with Gasteiger partial charge in [0.2, 0.25) is 0 Å². The number of rotatable bonds is 5. The van der Waals surface area contributed by atoms with Crippen LogP contribution in [-0.2, 0) is 0 Å². The zero-order chi connectivity index (χ0) is 19.5. The molecule has 0 fully saturated rings. The van der Waals surface area contributed by atoms with Crippen LogP contribution in [0.4, 0.5) is 5.82 Å². The first-order chi connectivity index (χ1) is 13.7. The Bertz CT molecular complexity index is 1110. The van der Waals surface area contributed by atoms with E-state index in [0.29, 0.717) is 5.52 Å². The maximum atomic E-state index is 11.0. The molecule has 0 aliphatic carbocycles. The molecule has 0 bridgehead atoms. The molecule has 0 amide bonds. The number of nitrogens with zero attached hydrogens (tertiary/aromatic N) is 2. The van der Waals surface area contributed by atoms with E-state index >= 15 is 0 Å². The molecule has 0 spiro atoms. The summed E-state index contributed by atoms with van der Waals surface area (Å²) in [7, 11) is 0. The van der Waals surface area contributed by atoms with Crippen molar-refractivity contribution >= 4 is 28.5 Å². The fourth-order valence-corrected chi connectivity index (χ4v) is 3.69. The van der Waals surface area contributed by atoms with Gasteiger partial charge >= 0.3 is 0 Å². The molecular weight excluding hydrogens is 366 g/mol. The van der Waals surface area contributed by atoms with Crippen molar-refractivity contribution in [2.75, 3.05) is 11.6 Å². The van der Waals surface area contributed by atoms with Crippen molar-refractivity contribution in [3.8, 4) is 5.75 Å². The highest BCUT2D eigenvalue weighted by Crippen LogP contribution is 2.36. The number of hydrogen-bond donors (Lipinski definition) is 2. The summed E-state index contributed by atoms with van der Waals surface area (Å²) in [6.07, 6.45) is 5.54. The lowest BCUT2D eigenvalue weighted by molar-refractivity contribution is 0.471. The van der Waals surface area contributed by atoms with Crippen molar-refractivity contribution in [2.45, 2.75) is 17.9 Å². The summed E-state index contributed by atoms with van der Waals surface area (Å²) in [6, 6.07) is 19.8. The van der Waals surface area contributed by atoms with Crippen molar-refractivity contribution in [3.63, 3.8) is 0 Å². The molecule has 2 aromatic carbocycles. The fraction of sp³-hybridized carbons (Fsp3) is 0.130. The Morgan fingerprint density at radius 3 is 2.54 bits per heavy atom. The standard InChI is InChI=1S/C23H21N3OS/c1-15-11-13-24-20(14-15)26-21(17-5-8-18(28-2)9-6-17)19-10-7-16-4-3-12-25-22(16)23(19)27/h3-14,21,27H,1-2H3,(H,24,26). The normalized spacial score (nSPS) is 12.1. The highest BCUT2D eigenvalue weighted by molar-refractivity contribution is 7.98. The molecule has 2 aromatic heterocycles. The van der Waals surface area contributed by atoms with Crippen molar-refractivity contribution in [1.29, 1.82) is 0 Å². The molecule has 0 radical (unpaired) electrons. The molecule has 0 saturated carbocycles. The van der Waals surface area contributed by atoms with E-state index in [2.05, 4.69) is 45.8 Å².